The average molecular weight is 348 g/mol. The first kappa shape index (κ1) is 18.2. The molecule has 0 aliphatic heterocycles. The molecule has 1 rings (SSSR count). The fraction of sp³-hybridized carbons (Fsp3) is 0.500. The van der Waals surface area contributed by atoms with Gasteiger partial charge >= 0.3 is 6.18 Å². The molecule has 0 saturated carbocycles. The third-order valence-corrected chi connectivity index (χ3v) is 5.06. The molecule has 1 aromatic rings. The van der Waals surface area contributed by atoms with Gasteiger partial charge in [0.2, 0.25) is 10.0 Å². The van der Waals surface area contributed by atoms with Crippen molar-refractivity contribution in [1.29, 1.82) is 0 Å². The Labute approximate surface area is 125 Å². The highest BCUT2D eigenvalue weighted by atomic mass is 35.5. The molecule has 9 heteroatoms. The largest absolute Gasteiger partial charge is 0.402 e. The van der Waals surface area contributed by atoms with Crippen LogP contribution in [0.5, 0.6) is 0 Å². The lowest BCUT2D eigenvalue weighted by Gasteiger charge is -2.27. The third kappa shape index (κ3) is 4.55. The number of nitrogens with zero attached hydrogens (tertiary/aromatic N) is 1. The van der Waals surface area contributed by atoms with Crippen LogP contribution in [-0.2, 0) is 15.9 Å². The lowest BCUT2D eigenvalue weighted by atomic mass is 10.2. The Balaban J connectivity index is 3.39. The van der Waals surface area contributed by atoms with Gasteiger partial charge in [-0.05, 0) is 31.5 Å². The van der Waals surface area contributed by atoms with Crippen molar-refractivity contribution in [2.24, 2.45) is 0 Å². The maximum absolute atomic E-state index is 13.3. The molecule has 0 fully saturated rings. The summed E-state index contributed by atoms with van der Waals surface area (Å²) < 4.78 is 76.0. The van der Waals surface area contributed by atoms with E-state index in [4.69, 9.17) is 11.6 Å². The molecule has 0 aliphatic carbocycles. The fourth-order valence-corrected chi connectivity index (χ4v) is 3.90. The normalized spacial score (nSPS) is 13.2. The molecular weight excluding hydrogens is 334 g/mol. The minimum atomic E-state index is -4.70. The maximum Gasteiger partial charge on any atom is 0.402 e. The Hall–Kier alpha value is -0.860. The summed E-state index contributed by atoms with van der Waals surface area (Å²) in [4.78, 5) is -0.546. The molecule has 0 radical (unpaired) electrons. The fourth-order valence-electron chi connectivity index (χ4n) is 1.73. The molecule has 0 atom stereocenters. The van der Waals surface area contributed by atoms with Gasteiger partial charge in [-0.25, -0.2) is 12.8 Å². The van der Waals surface area contributed by atoms with Gasteiger partial charge < -0.3 is 0 Å². The predicted molar refractivity (Wildman–Crippen MR) is 71.0 cm³/mol. The summed E-state index contributed by atoms with van der Waals surface area (Å²) >= 11 is 5.58. The van der Waals surface area contributed by atoms with Crippen LogP contribution in [-0.4, -0.2) is 31.5 Å². The van der Waals surface area contributed by atoms with Crippen molar-refractivity contribution in [2.45, 2.75) is 36.8 Å². The number of benzene rings is 1. The molecule has 0 amide bonds. The molecular formula is C12H14ClF4NO2S. The molecule has 0 aromatic heterocycles. The molecule has 0 unspecified atom stereocenters. The van der Waals surface area contributed by atoms with Crippen molar-refractivity contribution < 1.29 is 26.0 Å². The monoisotopic (exact) mass is 347 g/mol. The van der Waals surface area contributed by atoms with E-state index in [2.05, 4.69) is 0 Å². The van der Waals surface area contributed by atoms with E-state index in [1.807, 2.05) is 0 Å². The molecule has 1 aromatic carbocycles. The van der Waals surface area contributed by atoms with Gasteiger partial charge in [-0.3, -0.25) is 0 Å². The van der Waals surface area contributed by atoms with Gasteiger partial charge in [0, 0.05) is 11.9 Å². The van der Waals surface area contributed by atoms with Crippen LogP contribution in [0.25, 0.3) is 0 Å². The average Bonchev–Trinajstić information content (AvgIpc) is 2.34. The zero-order chi connectivity index (χ0) is 16.4. The number of rotatable bonds is 5. The van der Waals surface area contributed by atoms with Crippen molar-refractivity contribution in [3.05, 3.63) is 29.6 Å². The van der Waals surface area contributed by atoms with Crippen LogP contribution in [0.2, 0.25) is 0 Å². The SMILES string of the molecule is CC(C)N(CC(F)(F)F)S(=O)(=O)c1cc(F)ccc1CCl. The van der Waals surface area contributed by atoms with Crippen LogP contribution in [0.1, 0.15) is 19.4 Å². The van der Waals surface area contributed by atoms with Crippen molar-refractivity contribution in [3.63, 3.8) is 0 Å². The highest BCUT2D eigenvalue weighted by molar-refractivity contribution is 7.89. The summed E-state index contributed by atoms with van der Waals surface area (Å²) in [5.74, 6) is -1.12. The first-order chi connectivity index (χ1) is 9.49. The topological polar surface area (TPSA) is 37.4 Å². The van der Waals surface area contributed by atoms with Crippen molar-refractivity contribution in [3.8, 4) is 0 Å². The van der Waals surface area contributed by atoms with Crippen LogP contribution in [0.3, 0.4) is 0 Å². The van der Waals surface area contributed by atoms with Gasteiger partial charge in [0.05, 0.1) is 4.90 Å². The smallest absolute Gasteiger partial charge is 0.207 e. The number of sulfonamides is 1. The molecule has 0 aliphatic rings. The summed E-state index contributed by atoms with van der Waals surface area (Å²) in [6.07, 6.45) is -4.70. The Bertz CT molecular complexity index is 602. The minimum absolute atomic E-state index is 0.0471. The van der Waals surface area contributed by atoms with Gasteiger partial charge in [0.1, 0.15) is 12.4 Å². The second kappa shape index (κ2) is 6.50. The van der Waals surface area contributed by atoms with Gasteiger partial charge in [-0.2, -0.15) is 17.5 Å². The number of hydrogen-bond donors (Lipinski definition) is 0. The van der Waals surface area contributed by atoms with Crippen LogP contribution >= 0.6 is 11.6 Å². The molecule has 0 heterocycles. The van der Waals surface area contributed by atoms with E-state index < -0.39 is 39.5 Å². The predicted octanol–water partition coefficient (Wildman–Crippen LogP) is 3.53. The van der Waals surface area contributed by atoms with Crippen LogP contribution in [0.4, 0.5) is 17.6 Å². The van der Waals surface area contributed by atoms with Gasteiger partial charge in [0.25, 0.3) is 0 Å². The molecule has 3 nitrogen and oxygen atoms in total. The Morgan fingerprint density at radius 3 is 2.29 bits per heavy atom. The lowest BCUT2D eigenvalue weighted by molar-refractivity contribution is -0.138. The van der Waals surface area contributed by atoms with Crippen molar-refractivity contribution >= 4 is 21.6 Å². The van der Waals surface area contributed by atoms with Gasteiger partial charge in [0.15, 0.2) is 0 Å². The summed E-state index contributed by atoms with van der Waals surface area (Å²) in [6.45, 7) is 0.969. The first-order valence-corrected chi connectivity index (χ1v) is 7.89. The van der Waals surface area contributed by atoms with E-state index in [9.17, 15) is 26.0 Å². The summed E-state index contributed by atoms with van der Waals surface area (Å²) in [6, 6.07) is 1.88. The van der Waals surface area contributed by atoms with Crippen LogP contribution in [0, 0.1) is 5.82 Å². The van der Waals surface area contributed by atoms with E-state index in [0.717, 1.165) is 12.1 Å². The van der Waals surface area contributed by atoms with Crippen molar-refractivity contribution in [1.82, 2.24) is 4.31 Å². The second-order valence-electron chi connectivity index (χ2n) is 4.64. The van der Waals surface area contributed by atoms with E-state index in [1.165, 1.54) is 13.8 Å². The summed E-state index contributed by atoms with van der Waals surface area (Å²) in [7, 11) is -4.51. The number of halogens is 5. The Kier molecular flexibility index (Phi) is 5.63. The van der Waals surface area contributed by atoms with E-state index in [1.54, 1.807) is 0 Å². The lowest BCUT2D eigenvalue weighted by Crippen LogP contribution is -2.43. The quantitative estimate of drug-likeness (QED) is 0.603. The first-order valence-electron chi connectivity index (χ1n) is 5.92. The summed E-state index contributed by atoms with van der Waals surface area (Å²) in [5, 5.41) is 0. The van der Waals surface area contributed by atoms with Gasteiger partial charge in [-0.1, -0.05) is 6.07 Å². The minimum Gasteiger partial charge on any atom is -0.207 e. The molecule has 21 heavy (non-hydrogen) atoms. The van der Waals surface area contributed by atoms with Crippen LogP contribution in [0.15, 0.2) is 23.1 Å². The van der Waals surface area contributed by atoms with Crippen LogP contribution < -0.4 is 0 Å². The molecule has 120 valence electrons. The zero-order valence-corrected chi connectivity index (χ0v) is 12.9. The highest BCUT2D eigenvalue weighted by Gasteiger charge is 2.39. The third-order valence-electron chi connectivity index (χ3n) is 2.67. The molecule has 0 saturated heterocycles. The second-order valence-corrected chi connectivity index (χ2v) is 6.77. The van der Waals surface area contributed by atoms with E-state index >= 15 is 0 Å². The summed E-state index contributed by atoms with van der Waals surface area (Å²) in [5.41, 5.74) is 0.0471. The zero-order valence-electron chi connectivity index (χ0n) is 11.3. The Morgan fingerprint density at radius 2 is 1.86 bits per heavy atom. The maximum atomic E-state index is 13.3. The molecule has 0 bridgehead atoms. The van der Waals surface area contributed by atoms with E-state index in [-0.39, 0.29) is 15.7 Å². The number of hydrogen-bond acceptors (Lipinski definition) is 2. The van der Waals surface area contributed by atoms with Gasteiger partial charge in [-0.15, -0.1) is 11.6 Å². The van der Waals surface area contributed by atoms with E-state index in [0.29, 0.717) is 6.07 Å². The number of alkyl halides is 4. The standard InChI is InChI=1S/C12H14ClF4NO2S/c1-8(2)18(7-12(15,16)17)21(19,20)11-5-10(14)4-3-9(11)6-13/h3-5,8H,6-7H2,1-2H3. The van der Waals surface area contributed by atoms with Crippen molar-refractivity contribution in [2.75, 3.05) is 6.54 Å². The molecule has 0 N–H and O–H groups in total. The highest BCUT2D eigenvalue weighted by Crippen LogP contribution is 2.27. The molecule has 0 spiro atoms. The Morgan fingerprint density at radius 1 is 1.29 bits per heavy atom.